The van der Waals surface area contributed by atoms with E-state index in [9.17, 15) is 18.4 Å². The average Bonchev–Trinajstić information content (AvgIpc) is 2.85. The minimum absolute atomic E-state index is 0.122. The maximum Gasteiger partial charge on any atom is 0.307 e. The van der Waals surface area contributed by atoms with Crippen molar-refractivity contribution in [3.05, 3.63) is 12.2 Å². The number of allylic oxidation sites excluding steroid dienone is 2. The third-order valence-electron chi connectivity index (χ3n) is 3.82. The van der Waals surface area contributed by atoms with Crippen molar-refractivity contribution in [2.24, 2.45) is 23.7 Å². The Hall–Kier alpha value is -1.46. The number of carboxylic acids is 1. The standard InChI is InChI=1S/C12H15F2NO3/c1-15(5-8(13)14)11(16)9-6-2-3-7(4-6)10(9)12(17)18/h2-3,6-10H,4-5H2,1H3,(H,17,18). The van der Waals surface area contributed by atoms with E-state index in [-0.39, 0.29) is 11.8 Å². The van der Waals surface area contributed by atoms with Gasteiger partial charge in [0.1, 0.15) is 0 Å². The Balaban J connectivity index is 2.14. The molecule has 2 rings (SSSR count). The summed E-state index contributed by atoms with van der Waals surface area (Å²) < 4.78 is 24.5. The quantitative estimate of drug-likeness (QED) is 0.773. The van der Waals surface area contributed by atoms with Gasteiger partial charge in [-0.15, -0.1) is 0 Å². The number of aliphatic carboxylic acids is 1. The van der Waals surface area contributed by atoms with E-state index in [4.69, 9.17) is 5.11 Å². The van der Waals surface area contributed by atoms with Crippen LogP contribution in [0.4, 0.5) is 8.78 Å². The highest BCUT2D eigenvalue weighted by Gasteiger charge is 2.52. The second-order valence-corrected chi connectivity index (χ2v) is 4.95. The lowest BCUT2D eigenvalue weighted by Crippen LogP contribution is -2.42. The van der Waals surface area contributed by atoms with Gasteiger partial charge in [0.2, 0.25) is 5.91 Å². The van der Waals surface area contributed by atoms with Crippen molar-refractivity contribution in [2.75, 3.05) is 13.6 Å². The molecule has 6 heteroatoms. The molecule has 1 saturated carbocycles. The van der Waals surface area contributed by atoms with E-state index in [1.807, 2.05) is 12.2 Å². The molecule has 0 saturated heterocycles. The number of halogens is 2. The van der Waals surface area contributed by atoms with E-state index < -0.39 is 36.7 Å². The Labute approximate surface area is 103 Å². The van der Waals surface area contributed by atoms with Crippen molar-refractivity contribution in [3.8, 4) is 0 Å². The van der Waals surface area contributed by atoms with Gasteiger partial charge in [0.05, 0.1) is 18.4 Å². The van der Waals surface area contributed by atoms with E-state index in [1.54, 1.807) is 0 Å². The summed E-state index contributed by atoms with van der Waals surface area (Å²) in [4.78, 5) is 24.2. The molecule has 0 spiro atoms. The highest BCUT2D eigenvalue weighted by atomic mass is 19.3. The molecule has 0 aliphatic heterocycles. The number of hydrogen-bond acceptors (Lipinski definition) is 2. The summed E-state index contributed by atoms with van der Waals surface area (Å²) in [5.41, 5.74) is 0. The van der Waals surface area contributed by atoms with Crippen LogP contribution < -0.4 is 0 Å². The Bertz CT molecular complexity index is 397. The third-order valence-corrected chi connectivity index (χ3v) is 3.82. The van der Waals surface area contributed by atoms with Gasteiger partial charge in [0, 0.05) is 7.05 Å². The molecule has 2 bridgehead atoms. The molecule has 4 nitrogen and oxygen atoms in total. The van der Waals surface area contributed by atoms with Crippen molar-refractivity contribution in [1.29, 1.82) is 0 Å². The normalized spacial score (nSPS) is 33.1. The first-order valence-corrected chi connectivity index (χ1v) is 5.86. The predicted octanol–water partition coefficient (Wildman–Crippen LogP) is 1.23. The van der Waals surface area contributed by atoms with Crippen LogP contribution in [-0.4, -0.2) is 41.9 Å². The highest BCUT2D eigenvalue weighted by molar-refractivity contribution is 5.86. The van der Waals surface area contributed by atoms with E-state index in [0.29, 0.717) is 6.42 Å². The van der Waals surface area contributed by atoms with Crippen LogP contribution >= 0.6 is 0 Å². The fourth-order valence-corrected chi connectivity index (χ4v) is 3.05. The molecular formula is C12H15F2NO3. The SMILES string of the molecule is CN(CC(F)F)C(=O)C1C2C=CC(C2)C1C(=O)O. The molecule has 1 N–H and O–H groups in total. The molecule has 1 amide bonds. The van der Waals surface area contributed by atoms with Crippen molar-refractivity contribution < 1.29 is 23.5 Å². The summed E-state index contributed by atoms with van der Waals surface area (Å²) in [5.74, 6) is -3.23. The smallest absolute Gasteiger partial charge is 0.307 e. The molecule has 0 heterocycles. The molecule has 2 aliphatic carbocycles. The van der Waals surface area contributed by atoms with E-state index in [1.165, 1.54) is 7.05 Å². The number of carbonyl (C=O) groups excluding carboxylic acids is 1. The number of alkyl halides is 2. The first-order valence-electron chi connectivity index (χ1n) is 5.86. The summed E-state index contributed by atoms with van der Waals surface area (Å²) in [6.07, 6.45) is 1.69. The minimum atomic E-state index is -2.60. The average molecular weight is 259 g/mol. The van der Waals surface area contributed by atoms with Crippen LogP contribution in [0.15, 0.2) is 12.2 Å². The van der Waals surface area contributed by atoms with Crippen LogP contribution in [0.25, 0.3) is 0 Å². The molecule has 0 aromatic carbocycles. The van der Waals surface area contributed by atoms with E-state index in [2.05, 4.69) is 0 Å². The van der Waals surface area contributed by atoms with Crippen LogP contribution in [-0.2, 0) is 9.59 Å². The van der Waals surface area contributed by atoms with Crippen molar-refractivity contribution in [1.82, 2.24) is 4.90 Å². The second kappa shape index (κ2) is 4.66. The van der Waals surface area contributed by atoms with Gasteiger partial charge >= 0.3 is 5.97 Å². The molecule has 0 radical (unpaired) electrons. The van der Waals surface area contributed by atoms with Gasteiger partial charge in [-0.05, 0) is 18.3 Å². The fraction of sp³-hybridized carbons (Fsp3) is 0.667. The molecule has 1 fully saturated rings. The monoisotopic (exact) mass is 259 g/mol. The van der Waals surface area contributed by atoms with Gasteiger partial charge in [-0.2, -0.15) is 0 Å². The summed E-state index contributed by atoms with van der Waals surface area (Å²) in [7, 11) is 1.29. The second-order valence-electron chi connectivity index (χ2n) is 4.95. The minimum Gasteiger partial charge on any atom is -0.481 e. The van der Waals surface area contributed by atoms with Gasteiger partial charge in [0.25, 0.3) is 6.43 Å². The largest absolute Gasteiger partial charge is 0.481 e. The maximum atomic E-state index is 12.3. The van der Waals surface area contributed by atoms with Gasteiger partial charge < -0.3 is 10.0 Å². The van der Waals surface area contributed by atoms with Crippen LogP contribution in [0.2, 0.25) is 0 Å². The third kappa shape index (κ3) is 2.11. The van der Waals surface area contributed by atoms with Gasteiger partial charge in [0.15, 0.2) is 0 Å². The summed E-state index contributed by atoms with van der Waals surface area (Å²) in [5, 5.41) is 9.17. The van der Waals surface area contributed by atoms with Gasteiger partial charge in [-0.3, -0.25) is 9.59 Å². The molecule has 4 unspecified atom stereocenters. The molecule has 100 valence electrons. The molecule has 0 aromatic heterocycles. The number of rotatable bonds is 4. The van der Waals surface area contributed by atoms with Crippen molar-refractivity contribution >= 4 is 11.9 Å². The van der Waals surface area contributed by atoms with Gasteiger partial charge in [-0.25, -0.2) is 8.78 Å². The van der Waals surface area contributed by atoms with E-state index >= 15 is 0 Å². The van der Waals surface area contributed by atoms with Crippen LogP contribution in [0, 0.1) is 23.7 Å². The molecule has 4 atom stereocenters. The molecule has 18 heavy (non-hydrogen) atoms. The highest BCUT2D eigenvalue weighted by Crippen LogP contribution is 2.48. The maximum absolute atomic E-state index is 12.3. The van der Waals surface area contributed by atoms with Crippen LogP contribution in [0.5, 0.6) is 0 Å². The van der Waals surface area contributed by atoms with Crippen molar-refractivity contribution in [3.63, 3.8) is 0 Å². The summed E-state index contributed by atoms with van der Waals surface area (Å²) in [6.45, 7) is -0.650. The number of nitrogens with zero attached hydrogens (tertiary/aromatic N) is 1. The molecule has 0 aromatic rings. The number of fused-ring (bicyclic) bond motifs is 2. The number of carbonyl (C=O) groups is 2. The first-order chi connectivity index (χ1) is 8.41. The zero-order valence-electron chi connectivity index (χ0n) is 9.92. The zero-order valence-corrected chi connectivity index (χ0v) is 9.92. The molecular weight excluding hydrogens is 244 g/mol. The summed E-state index contributed by atoms with van der Waals surface area (Å²) >= 11 is 0. The Morgan fingerprint density at radius 3 is 2.39 bits per heavy atom. The van der Waals surface area contributed by atoms with Crippen molar-refractivity contribution in [2.45, 2.75) is 12.8 Å². The summed E-state index contributed by atoms with van der Waals surface area (Å²) in [6, 6.07) is 0. The zero-order chi connectivity index (χ0) is 13.4. The van der Waals surface area contributed by atoms with Crippen LogP contribution in [0.3, 0.4) is 0 Å². The van der Waals surface area contributed by atoms with E-state index in [0.717, 1.165) is 4.90 Å². The van der Waals surface area contributed by atoms with Gasteiger partial charge in [-0.1, -0.05) is 12.2 Å². The Kier molecular flexibility index (Phi) is 3.36. The lowest BCUT2D eigenvalue weighted by atomic mass is 9.82. The lowest BCUT2D eigenvalue weighted by Gasteiger charge is -2.28. The number of hydrogen-bond donors (Lipinski definition) is 1. The lowest BCUT2D eigenvalue weighted by molar-refractivity contribution is -0.151. The number of carboxylic acid groups (broad SMARTS) is 1. The topological polar surface area (TPSA) is 57.6 Å². The first kappa shape index (κ1) is 13.0. The number of amides is 1. The fourth-order valence-electron chi connectivity index (χ4n) is 3.05. The predicted molar refractivity (Wildman–Crippen MR) is 59.0 cm³/mol. The molecule has 2 aliphatic rings. The van der Waals surface area contributed by atoms with Crippen LogP contribution in [0.1, 0.15) is 6.42 Å². The Morgan fingerprint density at radius 1 is 1.33 bits per heavy atom. The Morgan fingerprint density at radius 2 is 1.89 bits per heavy atom.